The van der Waals surface area contributed by atoms with E-state index in [4.69, 9.17) is 4.98 Å². The van der Waals surface area contributed by atoms with E-state index in [1.165, 1.54) is 6.08 Å². The molecule has 4 aromatic rings. The van der Waals surface area contributed by atoms with Crippen LogP contribution in [0.3, 0.4) is 0 Å². The third-order valence-corrected chi connectivity index (χ3v) is 6.72. The maximum Gasteiger partial charge on any atom is 0.182 e. The second kappa shape index (κ2) is 7.64. The summed E-state index contributed by atoms with van der Waals surface area (Å²) in [5, 5.41) is 2.48. The Balaban J connectivity index is 2.20. The molecule has 0 N–H and O–H groups in total. The molecule has 0 atom stereocenters. The van der Waals surface area contributed by atoms with Crippen molar-refractivity contribution in [3.8, 4) is 11.3 Å². The molecule has 0 radical (unpaired) electrons. The van der Waals surface area contributed by atoms with E-state index in [0.717, 1.165) is 27.6 Å². The molecule has 4 rings (SSSR count). The first-order valence-corrected chi connectivity index (χ1v) is 11.1. The number of rotatable bonds is 6. The lowest BCUT2D eigenvalue weighted by Crippen LogP contribution is -2.09. The van der Waals surface area contributed by atoms with Gasteiger partial charge in [-0.15, -0.1) is 13.2 Å². The molecule has 0 spiro atoms. The van der Waals surface area contributed by atoms with Crippen molar-refractivity contribution in [1.82, 2.24) is 4.98 Å². The van der Waals surface area contributed by atoms with Crippen LogP contribution in [0.5, 0.6) is 0 Å². The average Bonchev–Trinajstić information content (AvgIpc) is 2.73. The van der Waals surface area contributed by atoms with Gasteiger partial charge in [-0.05, 0) is 23.4 Å². The van der Waals surface area contributed by atoms with Gasteiger partial charge in [-0.25, -0.2) is 13.4 Å². The third kappa shape index (κ3) is 3.36. The van der Waals surface area contributed by atoms with Crippen LogP contribution in [0, 0.1) is 0 Å². The van der Waals surface area contributed by atoms with Gasteiger partial charge in [-0.2, -0.15) is 0 Å². The Bertz CT molecular complexity index is 1340. The van der Waals surface area contributed by atoms with Crippen molar-refractivity contribution in [3.05, 3.63) is 97.6 Å². The average molecular weight is 400 g/mol. The van der Waals surface area contributed by atoms with Crippen LogP contribution >= 0.6 is 0 Å². The molecule has 0 aliphatic heterocycles. The standard InChI is InChI=1S/C25H21NO2S/c1-3-10-19-15-16-22-23(25(19)29(27,28)17-4-2)20-13-8-9-14-21(20)24(26-22)18-11-6-5-7-12-18/h3-9,11-16H,1-2,10,17H2. The van der Waals surface area contributed by atoms with Crippen LogP contribution in [0.4, 0.5) is 0 Å². The van der Waals surface area contributed by atoms with Gasteiger partial charge in [0.15, 0.2) is 9.84 Å². The Morgan fingerprint density at radius 1 is 0.828 bits per heavy atom. The first kappa shape index (κ1) is 19.1. The highest BCUT2D eigenvalue weighted by atomic mass is 32.2. The number of pyridine rings is 1. The van der Waals surface area contributed by atoms with E-state index in [1.54, 1.807) is 6.08 Å². The van der Waals surface area contributed by atoms with Gasteiger partial charge in [-0.1, -0.05) is 72.8 Å². The minimum absolute atomic E-state index is 0.120. The fourth-order valence-electron chi connectivity index (χ4n) is 3.78. The quantitative estimate of drug-likeness (QED) is 0.307. The highest BCUT2D eigenvalue weighted by Crippen LogP contribution is 2.37. The van der Waals surface area contributed by atoms with Crippen molar-refractivity contribution >= 4 is 31.5 Å². The minimum atomic E-state index is -3.56. The number of benzene rings is 3. The Kier molecular flexibility index (Phi) is 5.03. The summed E-state index contributed by atoms with van der Waals surface area (Å²) in [5.74, 6) is -0.120. The van der Waals surface area contributed by atoms with Crippen LogP contribution in [0.15, 0.2) is 96.9 Å². The summed E-state index contributed by atoms with van der Waals surface area (Å²) in [5.41, 5.74) is 3.24. The Morgan fingerprint density at radius 3 is 2.21 bits per heavy atom. The molecule has 0 saturated heterocycles. The first-order valence-electron chi connectivity index (χ1n) is 9.41. The summed E-state index contributed by atoms with van der Waals surface area (Å²) in [7, 11) is -3.56. The van der Waals surface area contributed by atoms with Crippen LogP contribution in [-0.2, 0) is 16.3 Å². The lowest BCUT2D eigenvalue weighted by atomic mass is 9.98. The second-order valence-electron chi connectivity index (χ2n) is 6.88. The van der Waals surface area contributed by atoms with E-state index in [9.17, 15) is 8.42 Å². The van der Waals surface area contributed by atoms with Crippen LogP contribution in [0.1, 0.15) is 5.56 Å². The molecule has 4 heteroatoms. The van der Waals surface area contributed by atoms with E-state index in [1.807, 2.05) is 66.7 Å². The molecule has 1 heterocycles. The van der Waals surface area contributed by atoms with Crippen LogP contribution < -0.4 is 0 Å². The molecular weight excluding hydrogens is 378 g/mol. The maximum atomic E-state index is 13.2. The summed E-state index contributed by atoms with van der Waals surface area (Å²) < 4.78 is 26.4. The molecule has 0 aliphatic rings. The normalized spacial score (nSPS) is 11.6. The van der Waals surface area contributed by atoms with Crippen molar-refractivity contribution in [1.29, 1.82) is 0 Å². The first-order chi connectivity index (χ1) is 14.1. The topological polar surface area (TPSA) is 47.0 Å². The molecule has 1 aromatic heterocycles. The van der Waals surface area contributed by atoms with Gasteiger partial charge >= 0.3 is 0 Å². The predicted octanol–water partition coefficient (Wildman–Crippen LogP) is 5.74. The van der Waals surface area contributed by atoms with Crippen molar-refractivity contribution < 1.29 is 8.42 Å². The van der Waals surface area contributed by atoms with Crippen molar-refractivity contribution in [2.75, 3.05) is 5.75 Å². The maximum absolute atomic E-state index is 13.2. The predicted molar refractivity (Wildman–Crippen MR) is 121 cm³/mol. The van der Waals surface area contributed by atoms with Gasteiger partial charge in [0.05, 0.1) is 21.9 Å². The summed E-state index contributed by atoms with van der Waals surface area (Å²) in [6.45, 7) is 7.42. The summed E-state index contributed by atoms with van der Waals surface area (Å²) in [6, 6.07) is 21.5. The molecule has 0 bridgehead atoms. The molecule has 3 nitrogen and oxygen atoms in total. The molecule has 29 heavy (non-hydrogen) atoms. The zero-order valence-electron chi connectivity index (χ0n) is 16.0. The van der Waals surface area contributed by atoms with E-state index in [-0.39, 0.29) is 5.75 Å². The zero-order chi connectivity index (χ0) is 20.4. The zero-order valence-corrected chi connectivity index (χ0v) is 16.8. The summed E-state index contributed by atoms with van der Waals surface area (Å²) >= 11 is 0. The fourth-order valence-corrected chi connectivity index (χ4v) is 5.34. The van der Waals surface area contributed by atoms with Crippen molar-refractivity contribution in [3.63, 3.8) is 0 Å². The Labute approximate surface area is 171 Å². The molecule has 144 valence electrons. The molecular formula is C25H21NO2S. The number of fused-ring (bicyclic) bond motifs is 3. The molecule has 0 fully saturated rings. The van der Waals surface area contributed by atoms with Crippen LogP contribution in [0.2, 0.25) is 0 Å². The lowest BCUT2D eigenvalue weighted by molar-refractivity contribution is 0.599. The van der Waals surface area contributed by atoms with Gasteiger partial charge in [-0.3, -0.25) is 0 Å². The van der Waals surface area contributed by atoms with Gasteiger partial charge in [0.25, 0.3) is 0 Å². The lowest BCUT2D eigenvalue weighted by Gasteiger charge is -2.16. The molecule has 0 amide bonds. The van der Waals surface area contributed by atoms with E-state index >= 15 is 0 Å². The van der Waals surface area contributed by atoms with Gasteiger partial charge in [0, 0.05) is 16.3 Å². The summed E-state index contributed by atoms with van der Waals surface area (Å²) in [4.78, 5) is 5.22. The Morgan fingerprint density at radius 2 is 1.52 bits per heavy atom. The highest BCUT2D eigenvalue weighted by Gasteiger charge is 2.23. The molecule has 0 unspecified atom stereocenters. The number of allylic oxidation sites excluding steroid dienone is 1. The summed E-state index contributed by atoms with van der Waals surface area (Å²) in [6.07, 6.45) is 3.62. The van der Waals surface area contributed by atoms with Gasteiger partial charge < -0.3 is 0 Å². The number of hydrogen-bond acceptors (Lipinski definition) is 3. The largest absolute Gasteiger partial charge is 0.247 e. The highest BCUT2D eigenvalue weighted by molar-refractivity contribution is 7.91. The molecule has 3 aromatic carbocycles. The number of hydrogen-bond donors (Lipinski definition) is 0. The monoisotopic (exact) mass is 399 g/mol. The van der Waals surface area contributed by atoms with E-state index in [2.05, 4.69) is 13.2 Å². The SMILES string of the molecule is C=CCc1ccc2nc(-c3ccccc3)c3ccccc3c2c1S(=O)(=O)CC=C. The number of sulfone groups is 1. The van der Waals surface area contributed by atoms with E-state index in [0.29, 0.717) is 22.2 Å². The minimum Gasteiger partial charge on any atom is -0.247 e. The van der Waals surface area contributed by atoms with Crippen LogP contribution in [-0.4, -0.2) is 19.2 Å². The van der Waals surface area contributed by atoms with Crippen molar-refractivity contribution in [2.24, 2.45) is 0 Å². The number of nitrogens with zero attached hydrogens (tertiary/aromatic N) is 1. The van der Waals surface area contributed by atoms with Gasteiger partial charge in [0.1, 0.15) is 0 Å². The van der Waals surface area contributed by atoms with Crippen molar-refractivity contribution in [2.45, 2.75) is 11.3 Å². The Hall–Kier alpha value is -3.24. The molecule has 0 aliphatic carbocycles. The second-order valence-corrected chi connectivity index (χ2v) is 8.85. The van der Waals surface area contributed by atoms with Gasteiger partial charge in [0.2, 0.25) is 0 Å². The molecule has 0 saturated carbocycles. The smallest absolute Gasteiger partial charge is 0.182 e. The third-order valence-electron chi connectivity index (χ3n) is 4.96. The fraction of sp³-hybridized carbons (Fsp3) is 0.0800. The number of aromatic nitrogens is 1. The van der Waals surface area contributed by atoms with E-state index < -0.39 is 9.84 Å². The van der Waals surface area contributed by atoms with Crippen LogP contribution in [0.25, 0.3) is 32.9 Å².